The molecule has 2 atom stereocenters. The third-order valence-electron chi connectivity index (χ3n) is 6.14. The van der Waals surface area contributed by atoms with E-state index in [0.717, 1.165) is 12.2 Å². The molecular formula is C27H29FN6O2. The van der Waals surface area contributed by atoms with Gasteiger partial charge in [0.2, 0.25) is 0 Å². The quantitative estimate of drug-likeness (QED) is 0.463. The fraction of sp³-hybridized carbons (Fsp3) is 0.333. The summed E-state index contributed by atoms with van der Waals surface area (Å²) in [6, 6.07) is 8.57. The summed E-state index contributed by atoms with van der Waals surface area (Å²) in [5.41, 5.74) is 3.54. The number of benzene rings is 1. The van der Waals surface area contributed by atoms with E-state index in [2.05, 4.69) is 38.7 Å². The SMILES string of the molecule is C#Cc1c(C#CCNc2ccc(C(=O)NC)cc2OC)nc2c(N[C@@H]3CCN(C)C[C@@H]3F)cccn12. The maximum atomic E-state index is 14.6. The number of aromatic nitrogens is 2. The Hall–Kier alpha value is -4.21. The van der Waals surface area contributed by atoms with Gasteiger partial charge in [-0.15, -0.1) is 6.42 Å². The van der Waals surface area contributed by atoms with Crippen molar-refractivity contribution in [3.63, 3.8) is 0 Å². The highest BCUT2D eigenvalue weighted by molar-refractivity contribution is 5.95. The summed E-state index contributed by atoms with van der Waals surface area (Å²) in [7, 11) is 5.04. The number of carbonyl (C=O) groups is 1. The third-order valence-corrected chi connectivity index (χ3v) is 6.14. The maximum Gasteiger partial charge on any atom is 0.251 e. The molecule has 2 aromatic heterocycles. The molecule has 1 aromatic carbocycles. The van der Waals surface area contributed by atoms with Gasteiger partial charge >= 0.3 is 0 Å². The van der Waals surface area contributed by atoms with E-state index in [1.807, 2.05) is 30.3 Å². The fourth-order valence-corrected chi connectivity index (χ4v) is 4.21. The number of carbonyl (C=O) groups excluding carboxylic acids is 1. The van der Waals surface area contributed by atoms with E-state index in [1.54, 1.807) is 29.6 Å². The number of hydrogen-bond acceptors (Lipinski definition) is 6. The average Bonchev–Trinajstić information content (AvgIpc) is 3.26. The van der Waals surface area contributed by atoms with Crippen molar-refractivity contribution in [2.45, 2.75) is 18.6 Å². The molecule has 0 spiro atoms. The first-order valence-electron chi connectivity index (χ1n) is 11.6. The fourth-order valence-electron chi connectivity index (χ4n) is 4.21. The Kier molecular flexibility index (Phi) is 7.62. The molecule has 1 aliphatic rings. The second-order valence-corrected chi connectivity index (χ2v) is 8.54. The van der Waals surface area contributed by atoms with Crippen LogP contribution in [-0.2, 0) is 0 Å². The lowest BCUT2D eigenvalue weighted by Gasteiger charge is -2.33. The van der Waals surface area contributed by atoms with Gasteiger partial charge in [0.25, 0.3) is 5.91 Å². The van der Waals surface area contributed by atoms with Crippen molar-refractivity contribution >= 4 is 22.9 Å². The van der Waals surface area contributed by atoms with E-state index in [4.69, 9.17) is 11.2 Å². The zero-order chi connectivity index (χ0) is 25.7. The largest absolute Gasteiger partial charge is 0.495 e. The average molecular weight is 489 g/mol. The summed E-state index contributed by atoms with van der Waals surface area (Å²) in [6.07, 6.45) is 7.34. The van der Waals surface area contributed by atoms with E-state index in [9.17, 15) is 9.18 Å². The highest BCUT2D eigenvalue weighted by Crippen LogP contribution is 2.26. The number of methoxy groups -OCH3 is 1. The lowest BCUT2D eigenvalue weighted by atomic mass is 10.0. The highest BCUT2D eigenvalue weighted by atomic mass is 19.1. The van der Waals surface area contributed by atoms with Crippen LogP contribution in [0.25, 0.3) is 5.65 Å². The van der Waals surface area contributed by atoms with Gasteiger partial charge in [0.1, 0.15) is 23.3 Å². The highest BCUT2D eigenvalue weighted by Gasteiger charge is 2.28. The van der Waals surface area contributed by atoms with Gasteiger partial charge in [-0.25, -0.2) is 9.37 Å². The van der Waals surface area contributed by atoms with E-state index >= 15 is 0 Å². The molecule has 1 fully saturated rings. The predicted molar refractivity (Wildman–Crippen MR) is 139 cm³/mol. The number of terminal acetylenes is 1. The van der Waals surface area contributed by atoms with Crippen molar-refractivity contribution in [1.82, 2.24) is 19.6 Å². The Labute approximate surface area is 210 Å². The van der Waals surface area contributed by atoms with Crippen molar-refractivity contribution in [3.8, 4) is 29.9 Å². The number of hydrogen-bond donors (Lipinski definition) is 3. The molecule has 1 saturated heterocycles. The van der Waals surface area contributed by atoms with E-state index in [0.29, 0.717) is 53.5 Å². The molecule has 0 radical (unpaired) electrons. The van der Waals surface area contributed by atoms with Gasteiger partial charge in [0, 0.05) is 31.9 Å². The Balaban J connectivity index is 1.52. The lowest BCUT2D eigenvalue weighted by Crippen LogP contribution is -2.46. The number of anilines is 2. The number of rotatable bonds is 6. The Morgan fingerprint density at radius 1 is 1.33 bits per heavy atom. The van der Waals surface area contributed by atoms with Gasteiger partial charge in [-0.05, 0) is 55.6 Å². The molecule has 1 aliphatic heterocycles. The summed E-state index contributed by atoms with van der Waals surface area (Å²) >= 11 is 0. The number of amides is 1. The van der Waals surface area contributed by atoms with Crippen LogP contribution in [0.3, 0.4) is 0 Å². The van der Waals surface area contributed by atoms with Crippen molar-refractivity contribution in [1.29, 1.82) is 0 Å². The number of likely N-dealkylation sites (tertiary alicyclic amines) is 1. The normalized spacial score (nSPS) is 17.5. The topological polar surface area (TPSA) is 82.9 Å². The molecule has 8 nitrogen and oxygen atoms in total. The van der Waals surface area contributed by atoms with Gasteiger partial charge in [-0.2, -0.15) is 0 Å². The number of ether oxygens (including phenoxy) is 1. The number of pyridine rings is 1. The number of nitrogens with one attached hydrogen (secondary N) is 3. The summed E-state index contributed by atoms with van der Waals surface area (Å²) in [6.45, 7) is 1.53. The van der Waals surface area contributed by atoms with E-state index in [-0.39, 0.29) is 11.9 Å². The Morgan fingerprint density at radius 3 is 2.89 bits per heavy atom. The lowest BCUT2D eigenvalue weighted by molar-refractivity contribution is 0.0962. The standard InChI is InChI=1S/C27H29FN6O2/c1-5-24-21(8-6-13-30-22-11-10-18(27(35)29-2)16-25(22)36-4)32-26-23(9-7-14-34(24)26)31-20-12-15-33(3)17-19(20)28/h1,7,9-11,14,16,19-20,30-31H,12-13,15,17H2,2-4H3,(H,29,35)/t19-,20+/m0/s1. The first kappa shape index (κ1) is 24.9. The first-order valence-corrected chi connectivity index (χ1v) is 11.6. The number of nitrogens with zero attached hydrogens (tertiary/aromatic N) is 3. The molecule has 0 unspecified atom stereocenters. The van der Waals surface area contributed by atoms with Gasteiger partial charge < -0.3 is 25.6 Å². The molecule has 0 bridgehead atoms. The Bertz CT molecular complexity index is 1370. The molecule has 3 aromatic rings. The first-order chi connectivity index (χ1) is 17.4. The van der Waals surface area contributed by atoms with Crippen LogP contribution in [0.5, 0.6) is 5.75 Å². The zero-order valence-electron chi connectivity index (χ0n) is 20.6. The molecular weight excluding hydrogens is 459 g/mol. The second-order valence-electron chi connectivity index (χ2n) is 8.54. The summed E-state index contributed by atoms with van der Waals surface area (Å²) in [5.74, 6) is 9.10. The maximum absolute atomic E-state index is 14.6. The number of fused-ring (bicyclic) bond motifs is 1. The van der Waals surface area contributed by atoms with Gasteiger partial charge in [0.15, 0.2) is 5.65 Å². The number of halogens is 1. The zero-order valence-corrected chi connectivity index (χ0v) is 20.6. The Morgan fingerprint density at radius 2 is 2.17 bits per heavy atom. The summed E-state index contributed by atoms with van der Waals surface area (Å²) in [4.78, 5) is 18.5. The molecule has 0 aliphatic carbocycles. The van der Waals surface area contributed by atoms with Gasteiger partial charge in [-0.1, -0.05) is 5.92 Å². The van der Waals surface area contributed by atoms with Crippen LogP contribution >= 0.6 is 0 Å². The molecule has 3 N–H and O–H groups in total. The van der Waals surface area contributed by atoms with Gasteiger partial charge in [0.05, 0.1) is 31.1 Å². The molecule has 3 heterocycles. The smallest absolute Gasteiger partial charge is 0.251 e. The number of piperidine rings is 1. The van der Waals surface area contributed by atoms with Gasteiger partial charge in [-0.3, -0.25) is 9.20 Å². The monoisotopic (exact) mass is 488 g/mol. The van der Waals surface area contributed by atoms with Crippen LogP contribution < -0.4 is 20.7 Å². The molecule has 36 heavy (non-hydrogen) atoms. The van der Waals surface area contributed by atoms with Crippen LogP contribution in [0.15, 0.2) is 36.5 Å². The van der Waals surface area contributed by atoms with Crippen LogP contribution in [0.4, 0.5) is 15.8 Å². The third kappa shape index (κ3) is 5.22. The molecule has 1 amide bonds. The number of imidazole rings is 1. The van der Waals surface area contributed by atoms with Crippen molar-refractivity contribution in [3.05, 3.63) is 53.5 Å². The minimum atomic E-state index is -0.973. The molecule has 186 valence electrons. The molecule has 0 saturated carbocycles. The van der Waals surface area contributed by atoms with Crippen LogP contribution in [0, 0.1) is 24.2 Å². The molecule has 4 rings (SSSR count). The van der Waals surface area contributed by atoms with Crippen molar-refractivity contribution < 1.29 is 13.9 Å². The van der Waals surface area contributed by atoms with Crippen molar-refractivity contribution in [2.24, 2.45) is 0 Å². The van der Waals surface area contributed by atoms with Crippen molar-refractivity contribution in [2.75, 3.05) is 51.5 Å². The summed E-state index contributed by atoms with van der Waals surface area (Å²) in [5, 5.41) is 9.10. The summed E-state index contributed by atoms with van der Waals surface area (Å²) < 4.78 is 21.8. The molecule has 9 heteroatoms. The minimum Gasteiger partial charge on any atom is -0.495 e. The minimum absolute atomic E-state index is 0.194. The van der Waals surface area contributed by atoms with E-state index in [1.165, 1.54) is 7.11 Å². The van der Waals surface area contributed by atoms with E-state index < -0.39 is 6.17 Å². The van der Waals surface area contributed by atoms with Crippen LogP contribution in [-0.4, -0.2) is 73.2 Å². The van der Waals surface area contributed by atoms with Crippen LogP contribution in [0.1, 0.15) is 28.2 Å². The predicted octanol–water partition coefficient (Wildman–Crippen LogP) is 2.60. The van der Waals surface area contributed by atoms with Crippen LogP contribution in [0.2, 0.25) is 0 Å². The number of alkyl halides is 1. The second kappa shape index (κ2) is 11.0.